The van der Waals surface area contributed by atoms with Crippen LogP contribution >= 0.6 is 0 Å². The van der Waals surface area contributed by atoms with Crippen LogP contribution in [-0.2, 0) is 13.0 Å². The molecule has 2 aromatic rings. The molecule has 2 heterocycles. The summed E-state index contributed by atoms with van der Waals surface area (Å²) >= 11 is 0. The number of carboxylic acid groups (broad SMARTS) is 1. The van der Waals surface area contributed by atoms with E-state index in [4.69, 9.17) is 5.11 Å². The maximum Gasteiger partial charge on any atom is 0.337 e. The standard InChI is InChI=1S/C11H12N4O3/c16-11(17)8-2-1-4-13-9(8)6-12-5-3-10-14-7-18-15-10/h1-2,4,7,12H,3,5-6H2,(H,16,17). The second-order valence-electron chi connectivity index (χ2n) is 3.58. The molecule has 7 nitrogen and oxygen atoms in total. The van der Waals surface area contributed by atoms with Gasteiger partial charge in [0.1, 0.15) is 0 Å². The van der Waals surface area contributed by atoms with Crippen LogP contribution in [0.4, 0.5) is 0 Å². The van der Waals surface area contributed by atoms with Crippen molar-refractivity contribution in [2.45, 2.75) is 13.0 Å². The highest BCUT2D eigenvalue weighted by atomic mass is 16.5. The fourth-order valence-electron chi connectivity index (χ4n) is 1.48. The van der Waals surface area contributed by atoms with Crippen molar-refractivity contribution in [2.75, 3.05) is 6.54 Å². The van der Waals surface area contributed by atoms with E-state index < -0.39 is 5.97 Å². The Morgan fingerprint density at radius 3 is 3.06 bits per heavy atom. The number of rotatable bonds is 6. The van der Waals surface area contributed by atoms with E-state index in [0.29, 0.717) is 31.0 Å². The van der Waals surface area contributed by atoms with Gasteiger partial charge < -0.3 is 14.9 Å². The molecule has 0 atom stereocenters. The summed E-state index contributed by atoms with van der Waals surface area (Å²) < 4.78 is 4.60. The summed E-state index contributed by atoms with van der Waals surface area (Å²) in [7, 11) is 0. The minimum Gasteiger partial charge on any atom is -0.478 e. The van der Waals surface area contributed by atoms with E-state index in [-0.39, 0.29) is 5.56 Å². The van der Waals surface area contributed by atoms with Gasteiger partial charge in [0.2, 0.25) is 6.39 Å². The quantitative estimate of drug-likeness (QED) is 0.717. The predicted molar refractivity (Wildman–Crippen MR) is 60.9 cm³/mol. The van der Waals surface area contributed by atoms with Crippen molar-refractivity contribution in [3.63, 3.8) is 0 Å². The van der Waals surface area contributed by atoms with Gasteiger partial charge in [0.25, 0.3) is 0 Å². The smallest absolute Gasteiger partial charge is 0.337 e. The summed E-state index contributed by atoms with van der Waals surface area (Å²) in [4.78, 5) is 18.9. The molecule has 0 aliphatic carbocycles. The minimum absolute atomic E-state index is 0.213. The van der Waals surface area contributed by atoms with Crippen LogP contribution in [0.25, 0.3) is 0 Å². The van der Waals surface area contributed by atoms with Gasteiger partial charge >= 0.3 is 5.97 Å². The number of pyridine rings is 1. The first kappa shape index (κ1) is 12.2. The molecule has 18 heavy (non-hydrogen) atoms. The van der Waals surface area contributed by atoms with Gasteiger partial charge in [-0.15, -0.1) is 0 Å². The van der Waals surface area contributed by atoms with Crippen LogP contribution in [0.1, 0.15) is 21.9 Å². The lowest BCUT2D eigenvalue weighted by Gasteiger charge is -2.05. The van der Waals surface area contributed by atoms with Crippen molar-refractivity contribution in [1.82, 2.24) is 20.4 Å². The van der Waals surface area contributed by atoms with E-state index in [0.717, 1.165) is 0 Å². The molecule has 0 saturated carbocycles. The Hall–Kier alpha value is -2.28. The molecule has 2 rings (SSSR count). The third-order valence-electron chi connectivity index (χ3n) is 2.35. The van der Waals surface area contributed by atoms with Gasteiger partial charge in [0, 0.05) is 25.7 Å². The number of nitrogens with zero attached hydrogens (tertiary/aromatic N) is 3. The molecule has 7 heteroatoms. The molecular formula is C11H12N4O3. The van der Waals surface area contributed by atoms with E-state index in [2.05, 4.69) is 25.0 Å². The zero-order valence-electron chi connectivity index (χ0n) is 9.54. The topological polar surface area (TPSA) is 101 Å². The second kappa shape index (κ2) is 5.87. The Morgan fingerprint density at radius 2 is 2.33 bits per heavy atom. The van der Waals surface area contributed by atoms with Gasteiger partial charge in [-0.25, -0.2) is 4.79 Å². The summed E-state index contributed by atoms with van der Waals surface area (Å²) in [5, 5.41) is 15.7. The van der Waals surface area contributed by atoms with Gasteiger partial charge in [-0.3, -0.25) is 4.98 Å². The molecule has 0 spiro atoms. The average Bonchev–Trinajstić information content (AvgIpc) is 2.88. The summed E-state index contributed by atoms with van der Waals surface area (Å²) in [6, 6.07) is 3.14. The van der Waals surface area contributed by atoms with Crippen LogP contribution in [0.15, 0.2) is 29.2 Å². The van der Waals surface area contributed by atoms with Crippen molar-refractivity contribution in [3.05, 3.63) is 41.8 Å². The monoisotopic (exact) mass is 248 g/mol. The van der Waals surface area contributed by atoms with Crippen molar-refractivity contribution < 1.29 is 14.4 Å². The van der Waals surface area contributed by atoms with Crippen LogP contribution in [0.3, 0.4) is 0 Å². The number of carboxylic acids is 1. The minimum atomic E-state index is -0.974. The molecule has 0 aromatic carbocycles. The first-order chi connectivity index (χ1) is 8.77. The first-order valence-electron chi connectivity index (χ1n) is 5.40. The van der Waals surface area contributed by atoms with Crippen LogP contribution in [0, 0.1) is 0 Å². The number of carbonyl (C=O) groups is 1. The van der Waals surface area contributed by atoms with Crippen molar-refractivity contribution in [3.8, 4) is 0 Å². The molecule has 0 saturated heterocycles. The highest BCUT2D eigenvalue weighted by Crippen LogP contribution is 2.04. The maximum absolute atomic E-state index is 10.9. The number of aromatic carboxylic acids is 1. The fourth-order valence-corrected chi connectivity index (χ4v) is 1.48. The molecule has 94 valence electrons. The summed E-state index contributed by atoms with van der Waals surface area (Å²) in [6.07, 6.45) is 3.46. The summed E-state index contributed by atoms with van der Waals surface area (Å²) in [5.74, 6) is -0.361. The number of aromatic nitrogens is 3. The van der Waals surface area contributed by atoms with E-state index in [1.54, 1.807) is 12.3 Å². The van der Waals surface area contributed by atoms with E-state index >= 15 is 0 Å². The van der Waals surface area contributed by atoms with Gasteiger partial charge in [0.05, 0.1) is 11.3 Å². The largest absolute Gasteiger partial charge is 0.478 e. The van der Waals surface area contributed by atoms with E-state index in [1.165, 1.54) is 12.5 Å². The van der Waals surface area contributed by atoms with E-state index in [1.807, 2.05) is 0 Å². The molecule has 0 aliphatic rings. The zero-order valence-corrected chi connectivity index (χ0v) is 9.54. The third-order valence-corrected chi connectivity index (χ3v) is 2.35. The predicted octanol–water partition coefficient (Wildman–Crippen LogP) is 0.495. The van der Waals surface area contributed by atoms with Gasteiger partial charge in [-0.05, 0) is 12.1 Å². The van der Waals surface area contributed by atoms with Crippen molar-refractivity contribution in [2.24, 2.45) is 0 Å². The van der Waals surface area contributed by atoms with Crippen molar-refractivity contribution >= 4 is 5.97 Å². The Kier molecular flexibility index (Phi) is 3.98. The molecule has 0 unspecified atom stereocenters. The molecule has 0 radical (unpaired) electrons. The molecule has 0 fully saturated rings. The number of nitrogens with one attached hydrogen (secondary N) is 1. The highest BCUT2D eigenvalue weighted by Gasteiger charge is 2.09. The van der Waals surface area contributed by atoms with Crippen LogP contribution in [0.2, 0.25) is 0 Å². The van der Waals surface area contributed by atoms with Gasteiger partial charge in [-0.1, -0.05) is 5.16 Å². The van der Waals surface area contributed by atoms with Gasteiger partial charge in [0.15, 0.2) is 5.82 Å². The lowest BCUT2D eigenvalue weighted by atomic mass is 10.2. The summed E-state index contributed by atoms with van der Waals surface area (Å²) in [5.41, 5.74) is 0.725. The second-order valence-corrected chi connectivity index (χ2v) is 3.58. The van der Waals surface area contributed by atoms with Crippen LogP contribution < -0.4 is 5.32 Å². The van der Waals surface area contributed by atoms with E-state index in [9.17, 15) is 4.79 Å². The molecular weight excluding hydrogens is 236 g/mol. The normalized spacial score (nSPS) is 10.4. The molecule has 0 aliphatic heterocycles. The SMILES string of the molecule is O=C(O)c1cccnc1CNCCc1ncon1. The lowest BCUT2D eigenvalue weighted by molar-refractivity contribution is 0.0695. The Bertz CT molecular complexity index is 513. The lowest BCUT2D eigenvalue weighted by Crippen LogP contribution is -2.20. The number of hydrogen-bond acceptors (Lipinski definition) is 6. The van der Waals surface area contributed by atoms with Crippen LogP contribution in [-0.4, -0.2) is 32.7 Å². The Morgan fingerprint density at radius 1 is 1.44 bits per heavy atom. The molecule has 2 aromatic heterocycles. The molecule has 0 amide bonds. The van der Waals surface area contributed by atoms with Gasteiger partial charge in [-0.2, -0.15) is 4.98 Å². The average molecular weight is 248 g/mol. The molecule has 2 N–H and O–H groups in total. The number of hydrogen-bond donors (Lipinski definition) is 2. The third kappa shape index (κ3) is 3.11. The maximum atomic E-state index is 10.9. The summed E-state index contributed by atoms with van der Waals surface area (Å²) in [6.45, 7) is 1.01. The molecule has 0 bridgehead atoms. The highest BCUT2D eigenvalue weighted by molar-refractivity contribution is 5.88. The first-order valence-corrected chi connectivity index (χ1v) is 5.40. The van der Waals surface area contributed by atoms with Crippen LogP contribution in [0.5, 0.6) is 0 Å². The van der Waals surface area contributed by atoms with Crippen molar-refractivity contribution in [1.29, 1.82) is 0 Å². The Balaban J connectivity index is 1.85. The Labute approximate surface area is 103 Å². The zero-order chi connectivity index (χ0) is 12.8. The fraction of sp³-hybridized carbons (Fsp3) is 0.273.